The van der Waals surface area contributed by atoms with Gasteiger partial charge < -0.3 is 15.0 Å². The number of piperidine rings is 1. The summed E-state index contributed by atoms with van der Waals surface area (Å²) in [5.41, 5.74) is 0.623. The van der Waals surface area contributed by atoms with E-state index in [1.165, 1.54) is 0 Å². The van der Waals surface area contributed by atoms with Crippen molar-refractivity contribution in [2.24, 2.45) is 5.92 Å². The topological polar surface area (TPSA) is 76.5 Å². The smallest absolute Gasteiger partial charge is 0.251 e. The molecule has 1 saturated carbocycles. The second-order valence-electron chi connectivity index (χ2n) is 8.37. The van der Waals surface area contributed by atoms with Gasteiger partial charge in [0.15, 0.2) is 0 Å². The van der Waals surface area contributed by atoms with E-state index in [1.807, 2.05) is 40.9 Å². The fourth-order valence-electron chi connectivity index (χ4n) is 3.80. The molecule has 2 aromatic rings. The first-order chi connectivity index (χ1) is 14.6. The van der Waals surface area contributed by atoms with Crippen LogP contribution in [-0.4, -0.2) is 51.7 Å². The van der Waals surface area contributed by atoms with Crippen LogP contribution in [-0.2, 0) is 11.3 Å². The van der Waals surface area contributed by atoms with E-state index in [0.29, 0.717) is 11.5 Å². The summed E-state index contributed by atoms with van der Waals surface area (Å²) < 4.78 is 7.94. The first-order valence-electron chi connectivity index (χ1n) is 10.9. The maximum absolute atomic E-state index is 12.5. The lowest BCUT2D eigenvalue weighted by Crippen LogP contribution is -2.42. The van der Waals surface area contributed by atoms with Crippen LogP contribution in [0.1, 0.15) is 49.4 Å². The molecule has 2 fully saturated rings. The molecule has 1 aromatic carbocycles. The van der Waals surface area contributed by atoms with Crippen LogP contribution in [0.3, 0.4) is 0 Å². The molecule has 0 bridgehead atoms. The Labute approximate surface area is 177 Å². The number of carbonyl (C=O) groups is 2. The molecule has 1 atom stereocenters. The van der Waals surface area contributed by atoms with E-state index in [4.69, 9.17) is 4.74 Å². The fraction of sp³-hybridized carbons (Fsp3) is 0.522. The zero-order valence-electron chi connectivity index (χ0n) is 17.5. The molecule has 1 unspecified atom stereocenters. The van der Waals surface area contributed by atoms with Crippen LogP contribution >= 0.6 is 0 Å². The number of nitrogens with one attached hydrogen (secondary N) is 1. The first-order valence-corrected chi connectivity index (χ1v) is 10.9. The van der Waals surface area contributed by atoms with Crippen LogP contribution in [0.5, 0.6) is 5.75 Å². The Kier molecular flexibility index (Phi) is 6.35. The molecule has 2 amide bonds. The molecule has 4 rings (SSSR count). The summed E-state index contributed by atoms with van der Waals surface area (Å²) >= 11 is 0. The van der Waals surface area contributed by atoms with Gasteiger partial charge in [-0.3, -0.25) is 14.3 Å². The number of nitrogens with zero attached hydrogens (tertiary/aromatic N) is 3. The normalized spacial score (nSPS) is 18.1. The van der Waals surface area contributed by atoms with E-state index in [9.17, 15) is 9.59 Å². The third kappa shape index (κ3) is 5.40. The Balaban J connectivity index is 1.20. The van der Waals surface area contributed by atoms with Crippen molar-refractivity contribution in [2.75, 3.05) is 13.1 Å². The molecule has 160 valence electrons. The van der Waals surface area contributed by atoms with Gasteiger partial charge in [-0.2, -0.15) is 5.10 Å². The lowest BCUT2D eigenvalue weighted by molar-refractivity contribution is -0.134. The van der Waals surface area contributed by atoms with Gasteiger partial charge in [0.25, 0.3) is 5.91 Å². The summed E-state index contributed by atoms with van der Waals surface area (Å²) in [4.78, 5) is 26.6. The number of ether oxygens (including phenoxy) is 1. The molecule has 7 nitrogen and oxygen atoms in total. The molecular formula is C23H30N4O3. The van der Waals surface area contributed by atoms with Gasteiger partial charge in [0.2, 0.25) is 5.91 Å². The Hall–Kier alpha value is -2.83. The van der Waals surface area contributed by atoms with E-state index in [0.717, 1.165) is 57.5 Å². The molecule has 30 heavy (non-hydrogen) atoms. The highest BCUT2D eigenvalue weighted by atomic mass is 16.5. The van der Waals surface area contributed by atoms with Gasteiger partial charge >= 0.3 is 0 Å². The van der Waals surface area contributed by atoms with E-state index in [2.05, 4.69) is 10.4 Å². The van der Waals surface area contributed by atoms with Crippen molar-refractivity contribution in [3.05, 3.63) is 48.3 Å². The zero-order valence-corrected chi connectivity index (χ0v) is 17.5. The quantitative estimate of drug-likeness (QED) is 0.726. The second kappa shape index (κ2) is 9.32. The molecule has 2 heterocycles. The zero-order chi connectivity index (χ0) is 20.9. The molecule has 1 aliphatic carbocycles. The number of aryl methyl sites for hydroxylation is 1. The van der Waals surface area contributed by atoms with Gasteiger partial charge in [0.05, 0.1) is 0 Å². The van der Waals surface area contributed by atoms with Crippen LogP contribution in [0, 0.1) is 5.92 Å². The summed E-state index contributed by atoms with van der Waals surface area (Å²) in [5.74, 6) is 1.30. The summed E-state index contributed by atoms with van der Waals surface area (Å²) in [5, 5.41) is 7.21. The average Bonchev–Trinajstić information content (AvgIpc) is 3.48. The Morgan fingerprint density at radius 1 is 1.17 bits per heavy atom. The van der Waals surface area contributed by atoms with E-state index in [-0.39, 0.29) is 24.0 Å². The maximum atomic E-state index is 12.5. The number of amides is 2. The highest BCUT2D eigenvalue weighted by Crippen LogP contribution is 2.32. The summed E-state index contributed by atoms with van der Waals surface area (Å²) in [7, 11) is 0. The largest absolute Gasteiger partial charge is 0.490 e. The van der Waals surface area contributed by atoms with Crippen molar-refractivity contribution >= 4 is 11.8 Å². The Bertz CT molecular complexity index is 838. The summed E-state index contributed by atoms with van der Waals surface area (Å²) in [6, 6.07) is 9.26. The van der Waals surface area contributed by atoms with Gasteiger partial charge in [-0.05, 0) is 56.5 Å². The molecule has 1 saturated heterocycles. The minimum atomic E-state index is -0.0820. The molecule has 1 aliphatic heterocycles. The van der Waals surface area contributed by atoms with Gasteiger partial charge in [0.1, 0.15) is 11.9 Å². The third-order valence-corrected chi connectivity index (χ3v) is 5.83. The van der Waals surface area contributed by atoms with Crippen molar-refractivity contribution < 1.29 is 14.3 Å². The van der Waals surface area contributed by atoms with E-state index >= 15 is 0 Å². The molecular weight excluding hydrogens is 380 g/mol. The first kappa shape index (κ1) is 20.4. The molecule has 2 aliphatic rings. The minimum absolute atomic E-state index is 0.0566. The minimum Gasteiger partial charge on any atom is -0.490 e. The van der Waals surface area contributed by atoms with Crippen LogP contribution in [0.25, 0.3) is 0 Å². The van der Waals surface area contributed by atoms with Crippen molar-refractivity contribution in [2.45, 2.75) is 57.7 Å². The number of hydrogen-bond donors (Lipinski definition) is 1. The molecule has 1 aromatic heterocycles. The van der Waals surface area contributed by atoms with Crippen molar-refractivity contribution in [1.82, 2.24) is 20.0 Å². The number of carbonyl (C=O) groups excluding carboxylic acids is 2. The Morgan fingerprint density at radius 3 is 2.53 bits per heavy atom. The van der Waals surface area contributed by atoms with Crippen molar-refractivity contribution in [3.8, 4) is 5.75 Å². The highest BCUT2D eigenvalue weighted by Gasteiger charge is 2.35. The highest BCUT2D eigenvalue weighted by molar-refractivity contribution is 5.94. The predicted molar refractivity (Wildman–Crippen MR) is 113 cm³/mol. The predicted octanol–water partition coefficient (Wildman–Crippen LogP) is 2.87. The van der Waals surface area contributed by atoms with Crippen LogP contribution in [0.15, 0.2) is 42.7 Å². The fourth-order valence-corrected chi connectivity index (χ4v) is 3.80. The Morgan fingerprint density at radius 2 is 1.90 bits per heavy atom. The molecule has 0 spiro atoms. The number of benzene rings is 1. The number of hydrogen-bond acceptors (Lipinski definition) is 4. The number of rotatable bonds is 8. The van der Waals surface area contributed by atoms with Crippen LogP contribution < -0.4 is 10.1 Å². The summed E-state index contributed by atoms with van der Waals surface area (Å²) in [6.07, 6.45) is 8.43. The van der Waals surface area contributed by atoms with Gasteiger partial charge in [0, 0.05) is 62.4 Å². The summed E-state index contributed by atoms with van der Waals surface area (Å²) in [6.45, 7) is 4.32. The standard InChI is InChI=1S/C23H30N4O3/c1-17(9-16-27-13-2-12-24-27)25-22(28)18-5-7-20(8-6-18)30-21-10-14-26(15-11-21)23(29)19-3-4-19/h2,5-8,12-13,17,19,21H,3-4,9-11,14-16H2,1H3,(H,25,28). The van der Waals surface area contributed by atoms with Gasteiger partial charge in [-0.1, -0.05) is 0 Å². The number of aromatic nitrogens is 2. The lowest BCUT2D eigenvalue weighted by atomic mass is 10.1. The lowest BCUT2D eigenvalue weighted by Gasteiger charge is -2.32. The monoisotopic (exact) mass is 410 g/mol. The SMILES string of the molecule is CC(CCn1cccn1)NC(=O)c1ccc(OC2CCN(C(=O)C3CC3)CC2)cc1. The average molecular weight is 411 g/mol. The maximum Gasteiger partial charge on any atom is 0.251 e. The van der Waals surface area contributed by atoms with Crippen molar-refractivity contribution in [3.63, 3.8) is 0 Å². The second-order valence-corrected chi connectivity index (χ2v) is 8.37. The molecule has 0 radical (unpaired) electrons. The molecule has 7 heteroatoms. The van der Waals surface area contributed by atoms with Crippen LogP contribution in [0.4, 0.5) is 0 Å². The molecule has 1 N–H and O–H groups in total. The van der Waals surface area contributed by atoms with Gasteiger partial charge in [-0.25, -0.2) is 0 Å². The number of likely N-dealkylation sites (tertiary alicyclic amines) is 1. The van der Waals surface area contributed by atoms with E-state index < -0.39 is 0 Å². The van der Waals surface area contributed by atoms with E-state index in [1.54, 1.807) is 18.3 Å². The third-order valence-electron chi connectivity index (χ3n) is 5.83. The van der Waals surface area contributed by atoms with Crippen LogP contribution in [0.2, 0.25) is 0 Å². The van der Waals surface area contributed by atoms with Crippen molar-refractivity contribution in [1.29, 1.82) is 0 Å². The van der Waals surface area contributed by atoms with Gasteiger partial charge in [-0.15, -0.1) is 0 Å².